The fourth-order valence-corrected chi connectivity index (χ4v) is 4.17. The standard InChI is InChI=1S/C25H26F4N4O3/c1-24(2,3)36-23(35)33-11-15(13-34)19(12-33)30-22-20-17(5-4-6-18(20)26)21(31-32-22)14-7-9-16(10-8-14)25(27,28)29/h4-10,15,19,34H,11-13H2,1-3H3,(H,30,32)/t15-,19+/m0/s1. The molecule has 0 spiro atoms. The molecule has 1 aliphatic heterocycles. The lowest BCUT2D eigenvalue weighted by atomic mass is 10.0. The Bertz CT molecular complexity index is 1260. The van der Waals surface area contributed by atoms with Crippen LogP contribution in [0, 0.1) is 11.7 Å². The Kier molecular flexibility index (Phi) is 6.78. The second-order valence-electron chi connectivity index (χ2n) is 9.71. The molecule has 1 fully saturated rings. The van der Waals surface area contributed by atoms with Crippen LogP contribution >= 0.6 is 0 Å². The van der Waals surface area contributed by atoms with E-state index >= 15 is 4.39 Å². The van der Waals surface area contributed by atoms with Gasteiger partial charge in [-0.2, -0.15) is 13.2 Å². The second kappa shape index (κ2) is 9.53. The molecule has 2 N–H and O–H groups in total. The zero-order valence-corrected chi connectivity index (χ0v) is 19.9. The molecule has 36 heavy (non-hydrogen) atoms. The smallest absolute Gasteiger partial charge is 0.416 e. The molecule has 0 bridgehead atoms. The van der Waals surface area contributed by atoms with Crippen molar-refractivity contribution in [3.05, 3.63) is 53.8 Å². The van der Waals surface area contributed by atoms with E-state index in [1.807, 2.05) is 0 Å². The van der Waals surface area contributed by atoms with Crippen LogP contribution in [0.3, 0.4) is 0 Å². The number of fused-ring (bicyclic) bond motifs is 1. The first kappa shape index (κ1) is 25.6. The molecule has 1 saturated heterocycles. The molecule has 0 aliphatic carbocycles. The average molecular weight is 507 g/mol. The van der Waals surface area contributed by atoms with Gasteiger partial charge in [0.2, 0.25) is 0 Å². The maximum Gasteiger partial charge on any atom is 0.416 e. The Morgan fingerprint density at radius 2 is 1.81 bits per heavy atom. The normalized spacial score (nSPS) is 18.5. The number of nitrogens with zero attached hydrogens (tertiary/aromatic N) is 3. The highest BCUT2D eigenvalue weighted by Gasteiger charge is 2.37. The van der Waals surface area contributed by atoms with E-state index in [1.54, 1.807) is 26.8 Å². The number of hydrogen-bond acceptors (Lipinski definition) is 6. The topological polar surface area (TPSA) is 87.6 Å². The van der Waals surface area contributed by atoms with Gasteiger partial charge in [-0.3, -0.25) is 0 Å². The van der Waals surface area contributed by atoms with E-state index < -0.39 is 35.3 Å². The summed E-state index contributed by atoms with van der Waals surface area (Å²) in [6.45, 7) is 5.46. The van der Waals surface area contributed by atoms with Gasteiger partial charge >= 0.3 is 12.3 Å². The molecule has 192 valence electrons. The van der Waals surface area contributed by atoms with Crippen LogP contribution in [-0.4, -0.2) is 57.6 Å². The van der Waals surface area contributed by atoms with Gasteiger partial charge in [0.1, 0.15) is 17.1 Å². The number of alkyl halides is 3. The summed E-state index contributed by atoms with van der Waals surface area (Å²) < 4.78 is 59.3. The first-order valence-electron chi connectivity index (χ1n) is 11.3. The molecular formula is C25H26F4N4O3. The predicted octanol–water partition coefficient (Wildman–Crippen LogP) is 5.09. The van der Waals surface area contributed by atoms with Gasteiger partial charge in [0.25, 0.3) is 0 Å². The summed E-state index contributed by atoms with van der Waals surface area (Å²) in [6.07, 6.45) is -5.01. The lowest BCUT2D eigenvalue weighted by Crippen LogP contribution is -2.36. The SMILES string of the molecule is CC(C)(C)OC(=O)N1C[C@@H](CO)[C@H](Nc2nnc(-c3ccc(C(F)(F)F)cc3)c3cccc(F)c23)C1. The van der Waals surface area contributed by atoms with Gasteiger partial charge < -0.3 is 20.1 Å². The first-order chi connectivity index (χ1) is 16.9. The molecule has 2 atom stereocenters. The summed E-state index contributed by atoms with van der Waals surface area (Å²) in [7, 11) is 0. The molecule has 0 saturated carbocycles. The molecule has 4 rings (SSSR count). The van der Waals surface area contributed by atoms with Crippen molar-refractivity contribution in [3.8, 4) is 11.3 Å². The van der Waals surface area contributed by atoms with Crippen molar-refractivity contribution in [2.75, 3.05) is 25.0 Å². The van der Waals surface area contributed by atoms with Crippen molar-refractivity contribution in [3.63, 3.8) is 0 Å². The van der Waals surface area contributed by atoms with Crippen LogP contribution in [0.15, 0.2) is 42.5 Å². The number of anilines is 1. The van der Waals surface area contributed by atoms with E-state index in [1.165, 1.54) is 29.2 Å². The Hall–Kier alpha value is -3.47. The minimum Gasteiger partial charge on any atom is -0.444 e. The molecule has 11 heteroatoms. The molecular weight excluding hydrogens is 480 g/mol. The number of aliphatic hydroxyl groups is 1. The first-order valence-corrected chi connectivity index (χ1v) is 11.3. The van der Waals surface area contributed by atoms with Crippen molar-refractivity contribution in [2.45, 2.75) is 38.6 Å². The fraction of sp³-hybridized carbons (Fsp3) is 0.400. The fourth-order valence-electron chi connectivity index (χ4n) is 4.17. The summed E-state index contributed by atoms with van der Waals surface area (Å²) in [5.74, 6) is -0.857. The Balaban J connectivity index is 1.65. The van der Waals surface area contributed by atoms with E-state index in [-0.39, 0.29) is 42.5 Å². The maximum absolute atomic E-state index is 15.0. The van der Waals surface area contributed by atoms with Gasteiger partial charge in [0.15, 0.2) is 5.82 Å². The second-order valence-corrected chi connectivity index (χ2v) is 9.71. The molecule has 7 nitrogen and oxygen atoms in total. The molecule has 0 radical (unpaired) electrons. The molecule has 2 heterocycles. The van der Waals surface area contributed by atoms with E-state index in [4.69, 9.17) is 4.74 Å². The number of amides is 1. The number of nitrogens with one attached hydrogen (secondary N) is 1. The minimum atomic E-state index is -4.48. The Morgan fingerprint density at radius 3 is 2.42 bits per heavy atom. The van der Waals surface area contributed by atoms with Crippen molar-refractivity contribution in [2.24, 2.45) is 5.92 Å². The number of aliphatic hydroxyl groups excluding tert-OH is 1. The third-order valence-corrected chi connectivity index (χ3v) is 5.89. The summed E-state index contributed by atoms with van der Waals surface area (Å²) in [6, 6.07) is 8.27. The van der Waals surface area contributed by atoms with Crippen molar-refractivity contribution < 1.29 is 32.2 Å². The van der Waals surface area contributed by atoms with E-state index in [2.05, 4.69) is 15.5 Å². The van der Waals surface area contributed by atoms with Crippen LogP contribution in [0.4, 0.5) is 28.2 Å². The molecule has 3 aromatic rings. The van der Waals surface area contributed by atoms with Gasteiger partial charge in [0, 0.05) is 36.6 Å². The van der Waals surface area contributed by atoms with Gasteiger partial charge in [-0.15, -0.1) is 10.2 Å². The number of aromatic nitrogens is 2. The highest BCUT2D eigenvalue weighted by Crippen LogP contribution is 2.35. The predicted molar refractivity (Wildman–Crippen MR) is 126 cm³/mol. The number of hydrogen-bond donors (Lipinski definition) is 2. The third kappa shape index (κ3) is 5.35. The lowest BCUT2D eigenvalue weighted by Gasteiger charge is -2.24. The summed E-state index contributed by atoms with van der Waals surface area (Å²) >= 11 is 0. The third-order valence-electron chi connectivity index (χ3n) is 5.89. The zero-order chi connectivity index (χ0) is 26.3. The van der Waals surface area contributed by atoms with Crippen LogP contribution in [0.25, 0.3) is 22.0 Å². The van der Waals surface area contributed by atoms with Crippen LogP contribution in [0.2, 0.25) is 0 Å². The van der Waals surface area contributed by atoms with Gasteiger partial charge in [-0.25, -0.2) is 9.18 Å². The van der Waals surface area contributed by atoms with Crippen molar-refractivity contribution in [1.82, 2.24) is 15.1 Å². The number of carbonyl (C=O) groups is 1. The summed E-state index contributed by atoms with van der Waals surface area (Å²) in [5, 5.41) is 21.8. The minimum absolute atomic E-state index is 0.105. The van der Waals surface area contributed by atoms with Gasteiger partial charge in [0.05, 0.1) is 17.0 Å². The summed E-state index contributed by atoms with van der Waals surface area (Å²) in [5.41, 5.74) is -0.915. The van der Waals surface area contributed by atoms with Crippen LogP contribution in [0.5, 0.6) is 0 Å². The Morgan fingerprint density at radius 1 is 1.11 bits per heavy atom. The van der Waals surface area contributed by atoms with E-state index in [9.17, 15) is 23.1 Å². The largest absolute Gasteiger partial charge is 0.444 e. The molecule has 2 aromatic carbocycles. The zero-order valence-electron chi connectivity index (χ0n) is 19.9. The highest BCUT2D eigenvalue weighted by molar-refractivity contribution is 6.00. The van der Waals surface area contributed by atoms with Crippen molar-refractivity contribution >= 4 is 22.7 Å². The quantitative estimate of drug-likeness (QED) is 0.479. The lowest BCUT2D eigenvalue weighted by molar-refractivity contribution is -0.137. The monoisotopic (exact) mass is 506 g/mol. The van der Waals surface area contributed by atoms with Gasteiger partial charge in [-0.05, 0) is 39.0 Å². The molecule has 1 aromatic heterocycles. The van der Waals surface area contributed by atoms with Crippen LogP contribution in [-0.2, 0) is 10.9 Å². The van der Waals surface area contributed by atoms with E-state index in [0.29, 0.717) is 10.9 Å². The number of likely N-dealkylation sites (tertiary alicyclic amines) is 1. The maximum atomic E-state index is 15.0. The van der Waals surface area contributed by atoms with Crippen LogP contribution in [0.1, 0.15) is 26.3 Å². The number of carbonyl (C=O) groups excluding carboxylic acids is 1. The van der Waals surface area contributed by atoms with Crippen LogP contribution < -0.4 is 5.32 Å². The average Bonchev–Trinajstić information content (AvgIpc) is 3.21. The number of ether oxygens (including phenoxy) is 1. The summed E-state index contributed by atoms with van der Waals surface area (Å²) in [4.78, 5) is 14.0. The number of halogens is 4. The van der Waals surface area contributed by atoms with Crippen molar-refractivity contribution in [1.29, 1.82) is 0 Å². The molecule has 0 unspecified atom stereocenters. The number of rotatable bonds is 4. The number of benzene rings is 2. The Labute approximate surface area is 205 Å². The molecule has 1 aliphatic rings. The van der Waals surface area contributed by atoms with Gasteiger partial charge in [-0.1, -0.05) is 24.3 Å². The highest BCUT2D eigenvalue weighted by atomic mass is 19.4. The molecule has 1 amide bonds. The van der Waals surface area contributed by atoms with E-state index in [0.717, 1.165) is 12.1 Å².